The SMILES string of the molecule is C[C@H](NS(=O)(=O)c1ccccc1)[C@@H](c1cccs1)N1CCN(c2ccccc2)CC1. The third-order valence-corrected chi connectivity index (χ3v) is 8.05. The van der Waals surface area contributed by atoms with Crippen LogP contribution in [0.4, 0.5) is 5.69 Å². The Balaban J connectivity index is 1.50. The third-order valence-electron chi connectivity index (χ3n) is 5.53. The molecule has 3 aromatic rings. The van der Waals surface area contributed by atoms with E-state index in [0.29, 0.717) is 4.90 Å². The summed E-state index contributed by atoms with van der Waals surface area (Å²) in [7, 11) is -3.57. The predicted octanol–water partition coefficient (Wildman–Crippen LogP) is 3.98. The number of para-hydroxylation sites is 1. The van der Waals surface area contributed by atoms with E-state index in [4.69, 9.17) is 0 Å². The summed E-state index contributed by atoms with van der Waals surface area (Å²) in [5.74, 6) is 0. The van der Waals surface area contributed by atoms with Crippen molar-refractivity contribution >= 4 is 27.0 Å². The van der Waals surface area contributed by atoms with Crippen molar-refractivity contribution in [3.63, 3.8) is 0 Å². The lowest BCUT2D eigenvalue weighted by Gasteiger charge is -2.42. The first-order chi connectivity index (χ1) is 14.5. The Labute approximate surface area is 183 Å². The van der Waals surface area contributed by atoms with E-state index in [1.165, 1.54) is 10.6 Å². The molecule has 0 amide bonds. The minimum Gasteiger partial charge on any atom is -0.369 e. The van der Waals surface area contributed by atoms with Crippen molar-refractivity contribution in [2.75, 3.05) is 31.1 Å². The summed E-state index contributed by atoms with van der Waals surface area (Å²) in [5, 5.41) is 2.06. The van der Waals surface area contributed by atoms with Crippen LogP contribution in [0.15, 0.2) is 83.1 Å². The maximum absolute atomic E-state index is 12.9. The summed E-state index contributed by atoms with van der Waals surface area (Å²) in [4.78, 5) is 6.28. The predicted molar refractivity (Wildman–Crippen MR) is 124 cm³/mol. The number of benzene rings is 2. The number of rotatable bonds is 7. The Morgan fingerprint density at radius 1 is 0.867 bits per heavy atom. The molecule has 0 spiro atoms. The molecule has 1 aliphatic rings. The second-order valence-corrected chi connectivity index (χ2v) is 10.2. The van der Waals surface area contributed by atoms with Gasteiger partial charge in [0, 0.05) is 42.8 Å². The minimum absolute atomic E-state index is 0.00131. The molecule has 0 aliphatic carbocycles. The topological polar surface area (TPSA) is 52.7 Å². The molecule has 1 N–H and O–H groups in total. The number of nitrogens with zero attached hydrogens (tertiary/aromatic N) is 2. The lowest BCUT2D eigenvalue weighted by Crippen LogP contribution is -2.52. The first-order valence-electron chi connectivity index (χ1n) is 10.2. The van der Waals surface area contributed by atoms with Crippen LogP contribution in [0.5, 0.6) is 0 Å². The quantitative estimate of drug-likeness (QED) is 0.603. The highest BCUT2D eigenvalue weighted by molar-refractivity contribution is 7.89. The summed E-state index contributed by atoms with van der Waals surface area (Å²) in [6.45, 7) is 5.58. The molecule has 0 radical (unpaired) electrons. The van der Waals surface area contributed by atoms with E-state index in [1.807, 2.05) is 25.1 Å². The van der Waals surface area contributed by atoms with Gasteiger partial charge in [0.15, 0.2) is 0 Å². The first kappa shape index (κ1) is 21.1. The van der Waals surface area contributed by atoms with Gasteiger partial charge in [-0.3, -0.25) is 4.90 Å². The fraction of sp³-hybridized carbons (Fsp3) is 0.304. The lowest BCUT2D eigenvalue weighted by molar-refractivity contribution is 0.164. The molecule has 2 heterocycles. The molecule has 1 fully saturated rings. The van der Waals surface area contributed by atoms with Crippen LogP contribution in [0.3, 0.4) is 0 Å². The summed E-state index contributed by atoms with van der Waals surface area (Å²) >= 11 is 1.68. The second kappa shape index (κ2) is 9.31. The van der Waals surface area contributed by atoms with Crippen LogP contribution in [0.2, 0.25) is 0 Å². The summed E-state index contributed by atoms with van der Waals surface area (Å²) in [6.07, 6.45) is 0. The van der Waals surface area contributed by atoms with Gasteiger partial charge in [-0.1, -0.05) is 42.5 Å². The Morgan fingerprint density at radius 2 is 1.50 bits per heavy atom. The van der Waals surface area contributed by atoms with Gasteiger partial charge in [-0.05, 0) is 42.6 Å². The first-order valence-corrected chi connectivity index (χ1v) is 12.6. The van der Waals surface area contributed by atoms with Gasteiger partial charge in [-0.15, -0.1) is 11.3 Å². The molecule has 4 rings (SSSR count). The number of hydrogen-bond donors (Lipinski definition) is 1. The normalized spacial score (nSPS) is 17.6. The molecule has 2 aromatic carbocycles. The lowest BCUT2D eigenvalue weighted by atomic mass is 10.1. The summed E-state index contributed by atoms with van der Waals surface area (Å²) < 4.78 is 28.7. The number of anilines is 1. The third kappa shape index (κ3) is 4.75. The zero-order chi connectivity index (χ0) is 21.0. The van der Waals surface area contributed by atoms with E-state index < -0.39 is 10.0 Å². The van der Waals surface area contributed by atoms with Gasteiger partial charge in [0.25, 0.3) is 0 Å². The molecule has 158 valence electrons. The van der Waals surface area contributed by atoms with Gasteiger partial charge in [0.05, 0.1) is 10.9 Å². The molecule has 0 bridgehead atoms. The fourth-order valence-corrected chi connectivity index (χ4v) is 6.31. The van der Waals surface area contributed by atoms with Crippen molar-refractivity contribution in [3.8, 4) is 0 Å². The average molecular weight is 442 g/mol. The highest BCUT2D eigenvalue weighted by Gasteiger charge is 2.32. The molecule has 1 aliphatic heterocycles. The van der Waals surface area contributed by atoms with Gasteiger partial charge in [0.1, 0.15) is 0 Å². The van der Waals surface area contributed by atoms with E-state index in [9.17, 15) is 8.42 Å². The number of sulfonamides is 1. The van der Waals surface area contributed by atoms with Crippen LogP contribution in [0.1, 0.15) is 17.8 Å². The molecular weight excluding hydrogens is 414 g/mol. The Morgan fingerprint density at radius 3 is 2.10 bits per heavy atom. The van der Waals surface area contributed by atoms with Gasteiger partial charge in [0.2, 0.25) is 10.0 Å². The Hall–Kier alpha value is -2.19. The molecular formula is C23H27N3O2S2. The standard InChI is InChI=1S/C23H27N3O2S2/c1-19(24-30(27,28)21-11-6-3-7-12-21)23(22-13-8-18-29-22)26-16-14-25(15-17-26)20-9-4-2-5-10-20/h2-13,18-19,23-24H,14-17H2,1H3/t19-,23-/m0/s1. The number of hydrogen-bond acceptors (Lipinski definition) is 5. The molecule has 1 aromatic heterocycles. The van der Waals surface area contributed by atoms with Crippen LogP contribution in [-0.4, -0.2) is 45.5 Å². The summed E-state index contributed by atoms with van der Waals surface area (Å²) in [5.41, 5.74) is 1.24. The van der Waals surface area contributed by atoms with Crippen LogP contribution in [0, 0.1) is 0 Å². The Kier molecular flexibility index (Phi) is 6.53. The monoisotopic (exact) mass is 441 g/mol. The fourth-order valence-electron chi connectivity index (χ4n) is 4.08. The molecule has 30 heavy (non-hydrogen) atoms. The molecule has 0 unspecified atom stereocenters. The molecule has 2 atom stereocenters. The average Bonchev–Trinajstić information content (AvgIpc) is 3.29. The largest absolute Gasteiger partial charge is 0.369 e. The zero-order valence-electron chi connectivity index (χ0n) is 17.0. The smallest absolute Gasteiger partial charge is 0.240 e. The van der Waals surface area contributed by atoms with Gasteiger partial charge in [-0.2, -0.15) is 0 Å². The number of piperazine rings is 1. The molecule has 0 saturated carbocycles. The van der Waals surface area contributed by atoms with E-state index in [0.717, 1.165) is 26.2 Å². The number of thiophene rings is 1. The van der Waals surface area contributed by atoms with E-state index >= 15 is 0 Å². The van der Waals surface area contributed by atoms with Crippen molar-refractivity contribution in [2.24, 2.45) is 0 Å². The van der Waals surface area contributed by atoms with Crippen LogP contribution in [-0.2, 0) is 10.0 Å². The van der Waals surface area contributed by atoms with Crippen molar-refractivity contribution in [1.82, 2.24) is 9.62 Å². The van der Waals surface area contributed by atoms with Crippen LogP contribution in [0.25, 0.3) is 0 Å². The minimum atomic E-state index is -3.57. The van der Waals surface area contributed by atoms with Crippen LogP contribution >= 0.6 is 11.3 Å². The van der Waals surface area contributed by atoms with Gasteiger partial charge in [-0.25, -0.2) is 13.1 Å². The summed E-state index contributed by atoms with van der Waals surface area (Å²) in [6, 6.07) is 22.9. The Bertz CT molecular complexity index is 1020. The van der Waals surface area contributed by atoms with Crippen molar-refractivity contribution in [3.05, 3.63) is 83.1 Å². The van der Waals surface area contributed by atoms with Crippen LogP contribution < -0.4 is 9.62 Å². The molecule has 5 nitrogen and oxygen atoms in total. The zero-order valence-corrected chi connectivity index (χ0v) is 18.6. The van der Waals surface area contributed by atoms with E-state index in [2.05, 4.69) is 50.2 Å². The van der Waals surface area contributed by atoms with Crippen molar-refractivity contribution < 1.29 is 8.42 Å². The van der Waals surface area contributed by atoms with Crippen molar-refractivity contribution in [1.29, 1.82) is 0 Å². The maximum atomic E-state index is 12.9. The molecule has 7 heteroatoms. The van der Waals surface area contributed by atoms with E-state index in [-0.39, 0.29) is 12.1 Å². The van der Waals surface area contributed by atoms with Crippen molar-refractivity contribution in [2.45, 2.75) is 23.9 Å². The van der Waals surface area contributed by atoms with Gasteiger partial charge >= 0.3 is 0 Å². The molecule has 1 saturated heterocycles. The second-order valence-electron chi connectivity index (χ2n) is 7.54. The van der Waals surface area contributed by atoms with Gasteiger partial charge < -0.3 is 4.90 Å². The maximum Gasteiger partial charge on any atom is 0.240 e. The number of nitrogens with one attached hydrogen (secondary N) is 1. The highest BCUT2D eigenvalue weighted by atomic mass is 32.2. The highest BCUT2D eigenvalue weighted by Crippen LogP contribution is 2.31. The van der Waals surface area contributed by atoms with E-state index in [1.54, 1.807) is 35.6 Å².